The second-order valence-electron chi connectivity index (χ2n) is 8.55. The van der Waals surface area contributed by atoms with Gasteiger partial charge >= 0.3 is 0 Å². The van der Waals surface area contributed by atoms with Crippen LogP contribution >= 0.6 is 0 Å². The van der Waals surface area contributed by atoms with Crippen molar-refractivity contribution in [2.75, 3.05) is 32.7 Å². The van der Waals surface area contributed by atoms with Crippen molar-refractivity contribution in [3.8, 4) is 17.1 Å². The van der Waals surface area contributed by atoms with E-state index in [1.807, 2.05) is 72.5 Å². The third-order valence-corrected chi connectivity index (χ3v) is 6.08. The molecule has 4 aromatic rings. The molecule has 1 saturated heterocycles. The van der Waals surface area contributed by atoms with Crippen LogP contribution in [0, 0.1) is 6.92 Å². The molecule has 0 aliphatic carbocycles. The Bertz CT molecular complexity index is 1270. The molecular weight excluding hydrogens is 424 g/mol. The zero-order chi connectivity index (χ0) is 23.3. The van der Waals surface area contributed by atoms with Gasteiger partial charge < -0.3 is 9.32 Å². The summed E-state index contributed by atoms with van der Waals surface area (Å²) in [7, 11) is 0. The minimum absolute atomic E-state index is 0.00806. The highest BCUT2D eigenvalue weighted by molar-refractivity contribution is 5.94. The summed E-state index contributed by atoms with van der Waals surface area (Å²) in [5, 5.41) is 4.72. The maximum atomic E-state index is 13.6. The van der Waals surface area contributed by atoms with Gasteiger partial charge in [-0.2, -0.15) is 5.10 Å². The van der Waals surface area contributed by atoms with Gasteiger partial charge in [-0.3, -0.25) is 9.69 Å². The second kappa shape index (κ2) is 9.93. The summed E-state index contributed by atoms with van der Waals surface area (Å²) in [6.07, 6.45) is 5.96. The Morgan fingerprint density at radius 2 is 1.79 bits per heavy atom. The fourth-order valence-corrected chi connectivity index (χ4v) is 4.23. The lowest BCUT2D eigenvalue weighted by atomic mass is 10.2. The first-order chi connectivity index (χ1) is 16.7. The van der Waals surface area contributed by atoms with Gasteiger partial charge in [-0.05, 0) is 42.3 Å². The third kappa shape index (κ3) is 4.87. The second-order valence-corrected chi connectivity index (χ2v) is 8.55. The molecule has 2 aromatic carbocycles. The molecule has 1 aliphatic heterocycles. The highest BCUT2D eigenvalue weighted by atomic mass is 16.3. The Morgan fingerprint density at radius 3 is 2.53 bits per heavy atom. The molecule has 34 heavy (non-hydrogen) atoms. The number of amides is 1. The maximum Gasteiger partial charge on any atom is 0.272 e. The minimum atomic E-state index is -0.00806. The largest absolute Gasteiger partial charge is 0.463 e. The van der Waals surface area contributed by atoms with E-state index in [0.717, 1.165) is 30.9 Å². The quantitative estimate of drug-likeness (QED) is 0.417. The van der Waals surface area contributed by atoms with E-state index >= 15 is 0 Å². The standard InChI is InChI=1S/C28H28N4O2/c1-22-8-5-12-24(20-22)32-26(21-25(29-32)27-13-7-19-34-27)28(33)31-17-15-30(16-18-31)14-6-11-23-9-3-2-4-10-23/h2-13,19-21H,14-18H2,1H3. The lowest BCUT2D eigenvalue weighted by molar-refractivity contribution is 0.0641. The summed E-state index contributed by atoms with van der Waals surface area (Å²) >= 11 is 0. The molecule has 1 aliphatic rings. The molecule has 5 rings (SSSR count). The van der Waals surface area contributed by atoms with Crippen molar-refractivity contribution in [3.05, 3.63) is 102 Å². The van der Waals surface area contributed by atoms with Crippen molar-refractivity contribution >= 4 is 12.0 Å². The monoisotopic (exact) mass is 452 g/mol. The Kier molecular flexibility index (Phi) is 6.40. The number of hydrogen-bond acceptors (Lipinski definition) is 4. The predicted octanol–water partition coefficient (Wildman–Crippen LogP) is 4.91. The number of carbonyl (C=O) groups excluding carboxylic acids is 1. The van der Waals surface area contributed by atoms with Crippen molar-refractivity contribution in [2.24, 2.45) is 0 Å². The highest BCUT2D eigenvalue weighted by Gasteiger charge is 2.26. The van der Waals surface area contributed by atoms with Crippen molar-refractivity contribution in [1.82, 2.24) is 19.6 Å². The Hall–Kier alpha value is -3.90. The molecule has 0 spiro atoms. The topological polar surface area (TPSA) is 54.5 Å². The van der Waals surface area contributed by atoms with Crippen LogP contribution in [0.25, 0.3) is 23.2 Å². The number of hydrogen-bond donors (Lipinski definition) is 0. The van der Waals surface area contributed by atoms with Gasteiger partial charge in [0, 0.05) is 38.8 Å². The minimum Gasteiger partial charge on any atom is -0.463 e. The molecule has 0 atom stereocenters. The summed E-state index contributed by atoms with van der Waals surface area (Å²) in [6, 6.07) is 23.9. The van der Waals surface area contributed by atoms with E-state index in [1.54, 1.807) is 10.9 Å². The Labute approximate surface area is 199 Å². The van der Waals surface area contributed by atoms with Crippen LogP contribution in [-0.2, 0) is 0 Å². The van der Waals surface area contributed by atoms with Crippen LogP contribution < -0.4 is 0 Å². The van der Waals surface area contributed by atoms with E-state index in [1.165, 1.54) is 5.56 Å². The summed E-state index contributed by atoms with van der Waals surface area (Å²) in [6.45, 7) is 5.97. The highest BCUT2D eigenvalue weighted by Crippen LogP contribution is 2.24. The average molecular weight is 453 g/mol. The lowest BCUT2D eigenvalue weighted by Crippen LogP contribution is -2.49. The molecule has 172 valence electrons. The van der Waals surface area contributed by atoms with Crippen LogP contribution in [0.15, 0.2) is 89.6 Å². The van der Waals surface area contributed by atoms with Crippen molar-refractivity contribution < 1.29 is 9.21 Å². The van der Waals surface area contributed by atoms with Gasteiger partial charge in [0.25, 0.3) is 5.91 Å². The molecular formula is C28H28N4O2. The number of rotatable bonds is 6. The van der Waals surface area contributed by atoms with Gasteiger partial charge in [-0.1, -0.05) is 54.6 Å². The van der Waals surface area contributed by atoms with Crippen molar-refractivity contribution in [1.29, 1.82) is 0 Å². The van der Waals surface area contributed by atoms with Crippen LogP contribution in [0.3, 0.4) is 0 Å². The molecule has 6 nitrogen and oxygen atoms in total. The van der Waals surface area contributed by atoms with Gasteiger partial charge in [0.2, 0.25) is 0 Å². The van der Waals surface area contributed by atoms with Gasteiger partial charge in [-0.25, -0.2) is 4.68 Å². The number of piperazine rings is 1. The summed E-state index contributed by atoms with van der Waals surface area (Å²) in [5.74, 6) is 0.641. The van der Waals surface area contributed by atoms with Gasteiger partial charge in [0.05, 0.1) is 12.0 Å². The molecule has 0 bridgehead atoms. The van der Waals surface area contributed by atoms with Gasteiger partial charge in [-0.15, -0.1) is 0 Å². The molecule has 1 amide bonds. The van der Waals surface area contributed by atoms with Crippen molar-refractivity contribution in [3.63, 3.8) is 0 Å². The van der Waals surface area contributed by atoms with Gasteiger partial charge in [0.15, 0.2) is 5.76 Å². The number of furan rings is 1. The average Bonchev–Trinajstić information content (AvgIpc) is 3.55. The molecule has 0 saturated carbocycles. The molecule has 0 unspecified atom stereocenters. The van der Waals surface area contributed by atoms with Crippen LogP contribution in [0.5, 0.6) is 0 Å². The van der Waals surface area contributed by atoms with E-state index in [0.29, 0.717) is 30.2 Å². The molecule has 1 fully saturated rings. The number of aromatic nitrogens is 2. The van der Waals surface area contributed by atoms with E-state index in [9.17, 15) is 4.79 Å². The third-order valence-electron chi connectivity index (χ3n) is 6.08. The fraction of sp³-hybridized carbons (Fsp3) is 0.214. The molecule has 2 aromatic heterocycles. The smallest absolute Gasteiger partial charge is 0.272 e. The summed E-state index contributed by atoms with van der Waals surface area (Å²) < 4.78 is 7.28. The lowest BCUT2D eigenvalue weighted by Gasteiger charge is -2.34. The zero-order valence-corrected chi connectivity index (χ0v) is 19.3. The first-order valence-corrected chi connectivity index (χ1v) is 11.6. The normalized spacial score (nSPS) is 14.7. The van der Waals surface area contributed by atoms with Crippen LogP contribution in [-0.4, -0.2) is 58.2 Å². The van der Waals surface area contributed by atoms with E-state index < -0.39 is 0 Å². The Balaban J connectivity index is 1.30. The summed E-state index contributed by atoms with van der Waals surface area (Å²) in [5.41, 5.74) is 4.39. The van der Waals surface area contributed by atoms with E-state index in [2.05, 4.69) is 29.2 Å². The fourth-order valence-electron chi connectivity index (χ4n) is 4.23. The summed E-state index contributed by atoms with van der Waals surface area (Å²) in [4.78, 5) is 17.9. The Morgan fingerprint density at radius 1 is 0.971 bits per heavy atom. The zero-order valence-electron chi connectivity index (χ0n) is 19.3. The van der Waals surface area contributed by atoms with E-state index in [4.69, 9.17) is 9.52 Å². The predicted molar refractivity (Wildman–Crippen MR) is 134 cm³/mol. The number of aryl methyl sites for hydroxylation is 1. The SMILES string of the molecule is Cc1cccc(-n2nc(-c3ccco3)cc2C(=O)N2CCN(CC=Cc3ccccc3)CC2)c1. The van der Waals surface area contributed by atoms with Crippen LogP contribution in [0.1, 0.15) is 21.6 Å². The number of benzene rings is 2. The van der Waals surface area contributed by atoms with Crippen LogP contribution in [0.4, 0.5) is 0 Å². The number of carbonyl (C=O) groups is 1. The first kappa shape index (κ1) is 21.9. The van der Waals surface area contributed by atoms with E-state index in [-0.39, 0.29) is 5.91 Å². The first-order valence-electron chi connectivity index (χ1n) is 11.6. The van der Waals surface area contributed by atoms with Gasteiger partial charge in [0.1, 0.15) is 11.4 Å². The molecule has 0 N–H and O–H groups in total. The maximum absolute atomic E-state index is 13.6. The molecule has 3 heterocycles. The molecule has 6 heteroatoms. The number of nitrogens with zero attached hydrogens (tertiary/aromatic N) is 4. The van der Waals surface area contributed by atoms with Crippen molar-refractivity contribution in [2.45, 2.75) is 6.92 Å². The van der Waals surface area contributed by atoms with Crippen LogP contribution in [0.2, 0.25) is 0 Å². The molecule has 0 radical (unpaired) electrons.